The molecule has 0 unspecified atom stereocenters. The van der Waals surface area contributed by atoms with E-state index in [0.29, 0.717) is 0 Å². The van der Waals surface area contributed by atoms with Crippen LogP contribution in [0.3, 0.4) is 0 Å². The molecule has 0 saturated heterocycles. The van der Waals surface area contributed by atoms with Crippen LogP contribution in [0.4, 0.5) is 0 Å². The first-order valence-electron chi connectivity index (χ1n) is 13.6. The molecular weight excluding hydrogens is 735 g/mol. The van der Waals surface area contributed by atoms with E-state index in [1.165, 1.54) is 5.39 Å². The van der Waals surface area contributed by atoms with E-state index < -0.39 is 0 Å². The maximum Gasteiger partial charge on any atom is 2.00 e. The van der Waals surface area contributed by atoms with Gasteiger partial charge in [-0.05, 0) is 41.8 Å². The van der Waals surface area contributed by atoms with Gasteiger partial charge in [0.1, 0.15) is 0 Å². The predicted molar refractivity (Wildman–Crippen MR) is 171 cm³/mol. The third-order valence-electron chi connectivity index (χ3n) is 7.08. The Morgan fingerprint density at radius 1 is 0.311 bits per heavy atom. The third-order valence-corrected chi connectivity index (χ3v) is 7.08. The Hall–Kier alpha value is -4.43. The zero-order chi connectivity index (χ0) is 28.1. The van der Waals surface area contributed by atoms with Crippen LogP contribution >= 0.6 is 0 Å². The van der Waals surface area contributed by atoms with Gasteiger partial charge in [0.15, 0.2) is 0 Å². The summed E-state index contributed by atoms with van der Waals surface area (Å²) >= 11 is 0. The van der Waals surface area contributed by atoms with Gasteiger partial charge in [0.05, 0.1) is 27.6 Å². The summed E-state index contributed by atoms with van der Waals surface area (Å²) in [5, 5.41) is 8.01. The largest absolute Gasteiger partial charge is 2.00 e. The summed E-state index contributed by atoms with van der Waals surface area (Å²) in [4.78, 5) is 25.9. The maximum absolute atomic E-state index is 4.37. The summed E-state index contributed by atoms with van der Waals surface area (Å²) in [6, 6.07) is 34.5. The molecule has 0 N–H and O–H groups in total. The number of nitrogens with zero attached hydrogens (tertiary/aromatic N) is 6. The number of fused-ring (bicyclic) bond motifs is 9. The number of aromatic nitrogens is 6. The van der Waals surface area contributed by atoms with Crippen LogP contribution in [0.1, 0.15) is 0 Å². The van der Waals surface area contributed by atoms with Gasteiger partial charge in [-0.1, -0.05) is 66.7 Å². The molecular formula is C36H24Br2N6Ni. The summed E-state index contributed by atoms with van der Waals surface area (Å²) in [5.41, 5.74) is 4.94. The van der Waals surface area contributed by atoms with Crippen molar-refractivity contribution in [3.05, 3.63) is 147 Å². The van der Waals surface area contributed by atoms with Crippen molar-refractivity contribution in [2.45, 2.75) is 0 Å². The molecule has 0 radical (unpaired) electrons. The molecule has 9 aromatic rings. The Balaban J connectivity index is 0.000000149. The Morgan fingerprint density at radius 2 is 0.622 bits per heavy atom. The summed E-state index contributed by atoms with van der Waals surface area (Å²) < 4.78 is 0. The minimum Gasteiger partial charge on any atom is -1.00 e. The van der Waals surface area contributed by atoms with Crippen LogP contribution in [0.25, 0.3) is 65.3 Å². The van der Waals surface area contributed by atoms with Gasteiger partial charge < -0.3 is 34.0 Å². The number of halogens is 2. The molecule has 9 rings (SSSR count). The molecule has 0 aliphatic carbocycles. The Kier molecular flexibility index (Phi) is 11.6. The monoisotopic (exact) mass is 756 g/mol. The molecule has 6 aromatic heterocycles. The molecule has 0 bridgehead atoms. The first-order chi connectivity index (χ1) is 20.8. The Morgan fingerprint density at radius 3 is 1.00 bits per heavy atom. The summed E-state index contributed by atoms with van der Waals surface area (Å²) in [7, 11) is 0. The molecule has 9 heteroatoms. The van der Waals surface area contributed by atoms with Crippen LogP contribution in [0, 0.1) is 0 Å². The van der Waals surface area contributed by atoms with E-state index in [1.807, 2.05) is 48.8 Å². The number of pyridine rings is 6. The van der Waals surface area contributed by atoms with Crippen LogP contribution in [0.2, 0.25) is 0 Å². The van der Waals surface area contributed by atoms with Crippen LogP contribution in [-0.4, -0.2) is 29.9 Å². The molecule has 0 spiro atoms. The van der Waals surface area contributed by atoms with Crippen LogP contribution < -0.4 is 34.0 Å². The molecule has 3 aromatic carbocycles. The molecule has 0 aliphatic heterocycles. The van der Waals surface area contributed by atoms with Gasteiger partial charge in [-0.15, -0.1) is 0 Å². The zero-order valence-corrected chi connectivity index (χ0v) is 27.8. The summed E-state index contributed by atoms with van der Waals surface area (Å²) in [6.45, 7) is 0. The molecule has 45 heavy (non-hydrogen) atoms. The molecule has 0 atom stereocenters. The van der Waals surface area contributed by atoms with Crippen molar-refractivity contribution < 1.29 is 50.5 Å². The average molecular weight is 759 g/mol. The third kappa shape index (κ3) is 7.12. The molecule has 6 heterocycles. The van der Waals surface area contributed by atoms with Crippen molar-refractivity contribution in [2.75, 3.05) is 0 Å². The number of benzene rings is 3. The second kappa shape index (κ2) is 15.5. The van der Waals surface area contributed by atoms with E-state index in [0.717, 1.165) is 59.9 Å². The van der Waals surface area contributed by atoms with Gasteiger partial charge in [-0.25, -0.2) is 0 Å². The second-order valence-electron chi connectivity index (χ2n) is 9.67. The number of rotatable bonds is 0. The van der Waals surface area contributed by atoms with Gasteiger partial charge in [0.2, 0.25) is 0 Å². The molecule has 0 saturated carbocycles. The maximum atomic E-state index is 4.37. The average Bonchev–Trinajstić information content (AvgIpc) is 3.09. The topological polar surface area (TPSA) is 77.3 Å². The van der Waals surface area contributed by atoms with E-state index >= 15 is 0 Å². The van der Waals surface area contributed by atoms with Gasteiger partial charge in [0.25, 0.3) is 0 Å². The fourth-order valence-corrected chi connectivity index (χ4v) is 5.06. The van der Waals surface area contributed by atoms with Crippen molar-refractivity contribution in [3.63, 3.8) is 0 Å². The SMILES string of the molecule is [Br-].[Br-].[Ni+2].c1cnc2c(c1)ccc1cccnc12.c1cnc2c(c1)ccc1cccnc12.c1cnc2c(c1)ccc1ccncc12. The van der Waals surface area contributed by atoms with Crippen molar-refractivity contribution >= 4 is 65.3 Å². The standard InChI is InChI=1S/3C12H8N2.2BrH.Ni/c2*1-3-9-5-6-10-4-2-8-14-12(10)11(9)13-7-1;1-2-10-4-3-9-5-7-13-8-11(9)12(10)14-6-1;;;/h3*1-8H;2*1H;/q;;;;;+2/p-2. The zero-order valence-electron chi connectivity index (χ0n) is 23.6. The summed E-state index contributed by atoms with van der Waals surface area (Å²) in [6.07, 6.45) is 12.7. The van der Waals surface area contributed by atoms with Gasteiger partial charge in [-0.2, -0.15) is 0 Å². The first-order valence-corrected chi connectivity index (χ1v) is 13.6. The Labute approximate surface area is 290 Å². The molecule has 0 aliphatic rings. The molecule has 222 valence electrons. The fourth-order valence-electron chi connectivity index (χ4n) is 5.06. The molecule has 0 fully saturated rings. The molecule has 6 nitrogen and oxygen atoms in total. The van der Waals surface area contributed by atoms with Crippen molar-refractivity contribution in [2.24, 2.45) is 0 Å². The minimum atomic E-state index is 0. The Bertz CT molecular complexity index is 1920. The normalized spacial score (nSPS) is 10.1. The second-order valence-corrected chi connectivity index (χ2v) is 9.67. The molecule has 0 amide bonds. The van der Waals surface area contributed by atoms with Crippen molar-refractivity contribution in [1.29, 1.82) is 0 Å². The minimum absolute atomic E-state index is 0. The number of hydrogen-bond donors (Lipinski definition) is 0. The van der Waals surface area contributed by atoms with E-state index in [2.05, 4.69) is 96.6 Å². The number of hydrogen-bond acceptors (Lipinski definition) is 6. The quantitative estimate of drug-likeness (QED) is 0.175. The van der Waals surface area contributed by atoms with Crippen molar-refractivity contribution in [1.82, 2.24) is 29.9 Å². The van der Waals surface area contributed by atoms with Crippen molar-refractivity contribution in [3.8, 4) is 0 Å². The summed E-state index contributed by atoms with van der Waals surface area (Å²) in [5.74, 6) is 0. The fraction of sp³-hybridized carbons (Fsp3) is 0. The predicted octanol–water partition coefficient (Wildman–Crippen LogP) is 2.35. The van der Waals surface area contributed by atoms with Crippen LogP contribution in [0.15, 0.2) is 147 Å². The van der Waals surface area contributed by atoms with E-state index in [1.54, 1.807) is 31.0 Å². The smallest absolute Gasteiger partial charge is 1.00 e. The van der Waals surface area contributed by atoms with E-state index in [-0.39, 0.29) is 50.5 Å². The first kappa shape index (κ1) is 33.5. The van der Waals surface area contributed by atoms with Gasteiger partial charge >= 0.3 is 16.5 Å². The van der Waals surface area contributed by atoms with Gasteiger partial charge in [0, 0.05) is 75.7 Å². The van der Waals surface area contributed by atoms with Crippen LogP contribution in [-0.2, 0) is 16.5 Å². The van der Waals surface area contributed by atoms with Crippen LogP contribution in [0.5, 0.6) is 0 Å². The van der Waals surface area contributed by atoms with E-state index in [4.69, 9.17) is 0 Å². The van der Waals surface area contributed by atoms with Gasteiger partial charge in [-0.3, -0.25) is 29.9 Å². The van der Waals surface area contributed by atoms with E-state index in [9.17, 15) is 0 Å².